The smallest absolute Gasteiger partial charge is 0.225 e. The zero-order chi connectivity index (χ0) is 18.9. The summed E-state index contributed by atoms with van der Waals surface area (Å²) in [5.74, 6) is 0.759. The highest BCUT2D eigenvalue weighted by molar-refractivity contribution is 5.79. The summed E-state index contributed by atoms with van der Waals surface area (Å²) >= 11 is 0. The second kappa shape index (κ2) is 7.88. The van der Waals surface area contributed by atoms with Crippen LogP contribution in [0.1, 0.15) is 49.9 Å². The lowest BCUT2D eigenvalue weighted by atomic mass is 9.75. The second-order valence-electron chi connectivity index (χ2n) is 8.89. The number of pyridine rings is 1. The van der Waals surface area contributed by atoms with Crippen molar-refractivity contribution in [1.82, 2.24) is 14.8 Å². The Labute approximate surface area is 162 Å². The van der Waals surface area contributed by atoms with E-state index in [-0.39, 0.29) is 11.8 Å². The lowest BCUT2D eigenvalue weighted by Crippen LogP contribution is -2.61. The zero-order valence-corrected chi connectivity index (χ0v) is 16.6. The molecule has 3 aliphatic rings. The van der Waals surface area contributed by atoms with Gasteiger partial charge in [0.15, 0.2) is 0 Å². The number of carbonyl (C=O) groups excluding carboxylic acids is 1. The molecule has 1 aromatic heterocycles. The summed E-state index contributed by atoms with van der Waals surface area (Å²) in [6, 6.07) is 6.19. The second-order valence-corrected chi connectivity index (χ2v) is 8.89. The minimum atomic E-state index is -0.579. The highest BCUT2D eigenvalue weighted by Crippen LogP contribution is 2.37. The molecule has 2 atom stereocenters. The molecular formula is C22H33N3O2. The van der Waals surface area contributed by atoms with Crippen molar-refractivity contribution < 1.29 is 9.90 Å². The van der Waals surface area contributed by atoms with Crippen LogP contribution in [0.5, 0.6) is 0 Å². The Hall–Kier alpha value is -1.46. The SMILES string of the molecule is Cc1cccc(CCN2CC[C@@]3(O)CCN(C(=O)C4CCCC4)C[C@H]3C2)n1. The molecule has 3 fully saturated rings. The molecule has 1 aromatic rings. The number of hydrogen-bond donors (Lipinski definition) is 1. The van der Waals surface area contributed by atoms with Crippen LogP contribution < -0.4 is 0 Å². The molecule has 1 N–H and O–H groups in total. The number of likely N-dealkylation sites (tertiary alicyclic amines) is 2. The van der Waals surface area contributed by atoms with Crippen molar-refractivity contribution in [3.8, 4) is 0 Å². The van der Waals surface area contributed by atoms with Crippen molar-refractivity contribution in [2.75, 3.05) is 32.7 Å². The lowest BCUT2D eigenvalue weighted by molar-refractivity contribution is -0.150. The summed E-state index contributed by atoms with van der Waals surface area (Å²) in [5.41, 5.74) is 1.62. The van der Waals surface area contributed by atoms with Crippen LogP contribution >= 0.6 is 0 Å². The van der Waals surface area contributed by atoms with Crippen molar-refractivity contribution in [3.05, 3.63) is 29.6 Å². The maximum atomic E-state index is 12.8. The van der Waals surface area contributed by atoms with Gasteiger partial charge in [0.25, 0.3) is 0 Å². The van der Waals surface area contributed by atoms with E-state index in [0.29, 0.717) is 5.91 Å². The molecule has 148 valence electrons. The van der Waals surface area contributed by atoms with Crippen molar-refractivity contribution in [2.45, 2.75) is 57.5 Å². The molecule has 5 nitrogen and oxygen atoms in total. The monoisotopic (exact) mass is 371 g/mol. The van der Waals surface area contributed by atoms with Gasteiger partial charge in [-0.2, -0.15) is 0 Å². The number of hydrogen-bond acceptors (Lipinski definition) is 4. The van der Waals surface area contributed by atoms with Crippen molar-refractivity contribution in [3.63, 3.8) is 0 Å². The molecule has 2 saturated heterocycles. The third-order valence-electron chi connectivity index (χ3n) is 7.00. The Bertz CT molecular complexity index is 673. The number of piperidine rings is 2. The van der Waals surface area contributed by atoms with E-state index in [2.05, 4.69) is 26.9 Å². The Morgan fingerprint density at radius 3 is 2.78 bits per heavy atom. The average Bonchev–Trinajstić information content (AvgIpc) is 3.20. The summed E-state index contributed by atoms with van der Waals surface area (Å²) < 4.78 is 0. The topological polar surface area (TPSA) is 56.7 Å². The molecule has 1 amide bonds. The average molecular weight is 372 g/mol. The molecular weight excluding hydrogens is 338 g/mol. The molecule has 4 rings (SSSR count). The Balaban J connectivity index is 1.34. The quantitative estimate of drug-likeness (QED) is 0.883. The van der Waals surface area contributed by atoms with E-state index in [1.54, 1.807) is 0 Å². The predicted octanol–water partition coefficient (Wildman–Crippen LogP) is 2.41. The molecule has 1 aliphatic carbocycles. The van der Waals surface area contributed by atoms with Gasteiger partial charge >= 0.3 is 0 Å². The Morgan fingerprint density at radius 2 is 2.00 bits per heavy atom. The van der Waals surface area contributed by atoms with Crippen LogP contribution in [-0.4, -0.2) is 64.1 Å². The van der Waals surface area contributed by atoms with Gasteiger partial charge in [0, 0.05) is 62.4 Å². The number of aliphatic hydroxyl groups is 1. The Kier molecular flexibility index (Phi) is 5.51. The first-order valence-corrected chi connectivity index (χ1v) is 10.7. The third-order valence-corrected chi connectivity index (χ3v) is 7.00. The van der Waals surface area contributed by atoms with Crippen LogP contribution in [-0.2, 0) is 11.2 Å². The number of carbonyl (C=O) groups is 1. The fourth-order valence-corrected chi connectivity index (χ4v) is 5.22. The predicted molar refractivity (Wildman–Crippen MR) is 105 cm³/mol. The van der Waals surface area contributed by atoms with Crippen LogP contribution in [0, 0.1) is 18.8 Å². The van der Waals surface area contributed by atoms with Gasteiger partial charge in [0.05, 0.1) is 5.60 Å². The maximum absolute atomic E-state index is 12.8. The summed E-state index contributed by atoms with van der Waals surface area (Å²) in [6.45, 7) is 6.29. The first kappa shape index (κ1) is 18.9. The van der Waals surface area contributed by atoms with Gasteiger partial charge in [-0.1, -0.05) is 18.9 Å². The largest absolute Gasteiger partial charge is 0.389 e. The fraction of sp³-hybridized carbons (Fsp3) is 0.727. The number of nitrogens with zero attached hydrogens (tertiary/aromatic N) is 3. The van der Waals surface area contributed by atoms with Crippen LogP contribution in [0.15, 0.2) is 18.2 Å². The molecule has 3 heterocycles. The number of rotatable bonds is 4. The lowest BCUT2D eigenvalue weighted by Gasteiger charge is -2.50. The van der Waals surface area contributed by atoms with Crippen LogP contribution in [0.25, 0.3) is 0 Å². The molecule has 5 heteroatoms. The number of fused-ring (bicyclic) bond motifs is 1. The van der Waals surface area contributed by atoms with Crippen molar-refractivity contribution in [1.29, 1.82) is 0 Å². The summed E-state index contributed by atoms with van der Waals surface area (Å²) in [5, 5.41) is 11.1. The fourth-order valence-electron chi connectivity index (χ4n) is 5.22. The van der Waals surface area contributed by atoms with Crippen molar-refractivity contribution >= 4 is 5.91 Å². The summed E-state index contributed by atoms with van der Waals surface area (Å²) in [6.07, 6.45) is 7.00. The van der Waals surface area contributed by atoms with Gasteiger partial charge in [-0.25, -0.2) is 0 Å². The van der Waals surface area contributed by atoms with Crippen molar-refractivity contribution in [2.24, 2.45) is 11.8 Å². The van der Waals surface area contributed by atoms with Gasteiger partial charge in [0.2, 0.25) is 5.91 Å². The van der Waals surface area contributed by atoms with Crippen LogP contribution in [0.3, 0.4) is 0 Å². The molecule has 0 radical (unpaired) electrons. The minimum absolute atomic E-state index is 0.177. The maximum Gasteiger partial charge on any atom is 0.225 e. The molecule has 0 bridgehead atoms. The van der Waals surface area contributed by atoms with Gasteiger partial charge < -0.3 is 14.9 Å². The molecule has 0 unspecified atom stereocenters. The molecule has 0 spiro atoms. The molecule has 2 aliphatic heterocycles. The molecule has 27 heavy (non-hydrogen) atoms. The van der Waals surface area contributed by atoms with E-state index in [1.807, 2.05) is 13.0 Å². The minimum Gasteiger partial charge on any atom is -0.389 e. The van der Waals surface area contributed by atoms with Gasteiger partial charge in [0.1, 0.15) is 0 Å². The molecule has 1 saturated carbocycles. The van der Waals surface area contributed by atoms with Gasteiger partial charge in [-0.3, -0.25) is 9.78 Å². The normalized spacial score (nSPS) is 29.7. The first-order chi connectivity index (χ1) is 13.0. The van der Waals surface area contributed by atoms with E-state index in [9.17, 15) is 9.90 Å². The van der Waals surface area contributed by atoms with E-state index in [0.717, 1.165) is 76.2 Å². The standard InChI is InChI=1S/C22H33N3O2/c1-17-5-4-8-20(23-17)9-12-24-13-10-22(27)11-14-25(16-19(22)15-24)21(26)18-6-2-3-7-18/h4-5,8,18-19,27H,2-3,6-7,9-16H2,1H3/t19-,22-/m1/s1. The van der Waals surface area contributed by atoms with Crippen LogP contribution in [0.2, 0.25) is 0 Å². The molecule has 0 aromatic carbocycles. The first-order valence-electron chi connectivity index (χ1n) is 10.7. The van der Waals surface area contributed by atoms with Gasteiger partial charge in [-0.05, 0) is 44.7 Å². The van der Waals surface area contributed by atoms with E-state index in [1.165, 1.54) is 12.8 Å². The van der Waals surface area contributed by atoms with E-state index >= 15 is 0 Å². The summed E-state index contributed by atoms with van der Waals surface area (Å²) in [7, 11) is 0. The number of aromatic nitrogens is 1. The van der Waals surface area contributed by atoms with Gasteiger partial charge in [-0.15, -0.1) is 0 Å². The van der Waals surface area contributed by atoms with E-state index in [4.69, 9.17) is 0 Å². The van der Waals surface area contributed by atoms with E-state index < -0.39 is 5.60 Å². The zero-order valence-electron chi connectivity index (χ0n) is 16.6. The summed E-state index contributed by atoms with van der Waals surface area (Å²) in [4.78, 5) is 21.9. The van der Waals surface area contributed by atoms with Crippen LogP contribution in [0.4, 0.5) is 0 Å². The highest BCUT2D eigenvalue weighted by Gasteiger charge is 2.46. The number of aryl methyl sites for hydroxylation is 1. The highest BCUT2D eigenvalue weighted by atomic mass is 16.3. The number of amides is 1. The Morgan fingerprint density at radius 1 is 1.22 bits per heavy atom. The third kappa shape index (κ3) is 4.19.